The molecule has 0 bridgehead atoms. The molecule has 0 aromatic rings. The molecule has 0 amide bonds. The van der Waals surface area contributed by atoms with E-state index >= 15 is 0 Å². The van der Waals surface area contributed by atoms with Crippen LogP contribution in [-0.2, 0) is 0 Å². The van der Waals surface area contributed by atoms with Crippen LogP contribution >= 0.6 is 11.8 Å². The van der Waals surface area contributed by atoms with Gasteiger partial charge < -0.3 is 5.32 Å². The average Bonchev–Trinajstić information content (AvgIpc) is 2.27. The van der Waals surface area contributed by atoms with Crippen molar-refractivity contribution in [2.75, 3.05) is 18.1 Å². The van der Waals surface area contributed by atoms with Crippen LogP contribution in [0.25, 0.3) is 0 Å². The molecule has 1 nitrogen and oxygen atoms in total. The second-order valence-corrected chi connectivity index (χ2v) is 5.86. The molecule has 2 atom stereocenters. The Morgan fingerprint density at radius 1 is 1.15 bits per heavy atom. The molecule has 1 aliphatic heterocycles. The Hall–Kier alpha value is 0.310. The van der Waals surface area contributed by atoms with E-state index in [1.807, 2.05) is 0 Å². The number of hydrogen-bond donors (Lipinski definition) is 1. The molecule has 2 unspecified atom stereocenters. The van der Waals surface area contributed by atoms with E-state index in [2.05, 4.69) is 44.8 Å². The highest BCUT2D eigenvalue weighted by atomic mass is 32.2. The molecule has 0 aromatic carbocycles. The molecule has 0 aromatic heterocycles. The fourth-order valence-electron chi connectivity index (χ4n) is 2.11. The first-order valence-electron chi connectivity index (χ1n) is 5.44. The average molecular weight is 201 g/mol. The molecule has 1 aliphatic rings. The van der Waals surface area contributed by atoms with Gasteiger partial charge in [-0.25, -0.2) is 0 Å². The van der Waals surface area contributed by atoms with Gasteiger partial charge in [-0.2, -0.15) is 11.8 Å². The van der Waals surface area contributed by atoms with Crippen molar-refractivity contribution in [3.63, 3.8) is 0 Å². The van der Waals surface area contributed by atoms with E-state index in [4.69, 9.17) is 0 Å². The lowest BCUT2D eigenvalue weighted by Crippen LogP contribution is -2.42. The van der Waals surface area contributed by atoms with Crippen molar-refractivity contribution >= 4 is 11.8 Å². The van der Waals surface area contributed by atoms with Crippen molar-refractivity contribution in [3.8, 4) is 0 Å². The molecule has 1 fully saturated rings. The molecule has 0 saturated carbocycles. The van der Waals surface area contributed by atoms with Crippen LogP contribution in [0.1, 0.15) is 27.7 Å². The van der Waals surface area contributed by atoms with Gasteiger partial charge in [0.2, 0.25) is 0 Å². The van der Waals surface area contributed by atoms with E-state index in [-0.39, 0.29) is 0 Å². The fourth-order valence-corrected chi connectivity index (χ4v) is 3.40. The zero-order valence-electron chi connectivity index (χ0n) is 9.34. The van der Waals surface area contributed by atoms with Crippen LogP contribution in [0.2, 0.25) is 0 Å². The van der Waals surface area contributed by atoms with Crippen LogP contribution in [0.5, 0.6) is 0 Å². The Bertz CT molecular complexity index is 129. The van der Waals surface area contributed by atoms with Crippen LogP contribution in [0.3, 0.4) is 0 Å². The van der Waals surface area contributed by atoms with Gasteiger partial charge >= 0.3 is 0 Å². The first kappa shape index (κ1) is 11.4. The Balaban J connectivity index is 2.61. The van der Waals surface area contributed by atoms with Crippen molar-refractivity contribution in [2.24, 2.45) is 17.8 Å². The molecule has 0 aliphatic carbocycles. The van der Waals surface area contributed by atoms with E-state index in [0.29, 0.717) is 0 Å². The summed E-state index contributed by atoms with van der Waals surface area (Å²) in [5, 5.41) is 3.69. The van der Waals surface area contributed by atoms with Gasteiger partial charge in [0.15, 0.2) is 0 Å². The van der Waals surface area contributed by atoms with Gasteiger partial charge in [-0.3, -0.25) is 0 Å². The fraction of sp³-hybridized carbons (Fsp3) is 1.00. The standard InChI is InChI=1S/C11H23NS/c1-8(2)10-7-13-6-5-12-11(10)9(3)4/h8-12H,5-7H2,1-4H3. The van der Waals surface area contributed by atoms with Gasteiger partial charge in [0.05, 0.1) is 0 Å². The van der Waals surface area contributed by atoms with E-state index in [1.165, 1.54) is 18.1 Å². The van der Waals surface area contributed by atoms with Crippen molar-refractivity contribution in [3.05, 3.63) is 0 Å². The maximum absolute atomic E-state index is 3.69. The maximum atomic E-state index is 3.69. The molecule has 0 radical (unpaired) electrons. The summed E-state index contributed by atoms with van der Waals surface area (Å²) in [5.41, 5.74) is 0. The first-order chi connectivity index (χ1) is 6.13. The van der Waals surface area contributed by atoms with Gasteiger partial charge in [-0.05, 0) is 23.5 Å². The van der Waals surface area contributed by atoms with Gasteiger partial charge in [-0.1, -0.05) is 27.7 Å². The summed E-state index contributed by atoms with van der Waals surface area (Å²) in [4.78, 5) is 0. The van der Waals surface area contributed by atoms with E-state index in [9.17, 15) is 0 Å². The second kappa shape index (κ2) is 5.26. The van der Waals surface area contributed by atoms with Gasteiger partial charge in [0, 0.05) is 18.3 Å². The van der Waals surface area contributed by atoms with Gasteiger partial charge in [0.25, 0.3) is 0 Å². The quantitative estimate of drug-likeness (QED) is 0.737. The molecular weight excluding hydrogens is 178 g/mol. The Morgan fingerprint density at radius 3 is 2.38 bits per heavy atom. The van der Waals surface area contributed by atoms with Crippen LogP contribution in [0.15, 0.2) is 0 Å². The van der Waals surface area contributed by atoms with Crippen molar-refractivity contribution in [1.29, 1.82) is 0 Å². The second-order valence-electron chi connectivity index (χ2n) is 4.71. The summed E-state index contributed by atoms with van der Waals surface area (Å²) in [6, 6.07) is 0.731. The summed E-state index contributed by atoms with van der Waals surface area (Å²) in [6.45, 7) is 10.6. The zero-order chi connectivity index (χ0) is 9.84. The van der Waals surface area contributed by atoms with E-state index in [1.54, 1.807) is 0 Å². The number of rotatable bonds is 2. The lowest BCUT2D eigenvalue weighted by atomic mass is 9.84. The van der Waals surface area contributed by atoms with Crippen LogP contribution in [0.4, 0.5) is 0 Å². The molecule has 1 N–H and O–H groups in total. The van der Waals surface area contributed by atoms with Crippen LogP contribution in [0, 0.1) is 17.8 Å². The predicted octanol–water partition coefficient (Wildman–Crippen LogP) is 2.62. The molecule has 1 saturated heterocycles. The molecule has 78 valence electrons. The van der Waals surface area contributed by atoms with Crippen LogP contribution < -0.4 is 5.32 Å². The first-order valence-corrected chi connectivity index (χ1v) is 6.59. The predicted molar refractivity (Wildman–Crippen MR) is 62.3 cm³/mol. The number of hydrogen-bond acceptors (Lipinski definition) is 2. The largest absolute Gasteiger partial charge is 0.313 e. The lowest BCUT2D eigenvalue weighted by molar-refractivity contribution is 0.255. The third-order valence-corrected chi connectivity index (χ3v) is 4.09. The Labute approximate surface area is 87.1 Å². The summed E-state index contributed by atoms with van der Waals surface area (Å²) >= 11 is 2.11. The van der Waals surface area contributed by atoms with E-state index < -0.39 is 0 Å². The summed E-state index contributed by atoms with van der Waals surface area (Å²) in [7, 11) is 0. The highest BCUT2D eigenvalue weighted by Gasteiger charge is 2.28. The lowest BCUT2D eigenvalue weighted by Gasteiger charge is -2.31. The Morgan fingerprint density at radius 2 is 1.85 bits per heavy atom. The topological polar surface area (TPSA) is 12.0 Å². The summed E-state index contributed by atoms with van der Waals surface area (Å²) < 4.78 is 0. The van der Waals surface area contributed by atoms with Gasteiger partial charge in [0.1, 0.15) is 0 Å². The maximum Gasteiger partial charge on any atom is 0.0129 e. The minimum Gasteiger partial charge on any atom is -0.313 e. The zero-order valence-corrected chi connectivity index (χ0v) is 10.2. The summed E-state index contributed by atoms with van der Waals surface area (Å²) in [5.74, 6) is 5.06. The number of nitrogens with one attached hydrogen (secondary N) is 1. The van der Waals surface area contributed by atoms with Crippen molar-refractivity contribution in [1.82, 2.24) is 5.32 Å². The molecule has 0 spiro atoms. The SMILES string of the molecule is CC(C)C1CSCCNC1C(C)C. The molecule has 13 heavy (non-hydrogen) atoms. The molecule has 1 heterocycles. The monoisotopic (exact) mass is 201 g/mol. The minimum absolute atomic E-state index is 0.731. The molecule has 1 rings (SSSR count). The van der Waals surface area contributed by atoms with Crippen molar-refractivity contribution < 1.29 is 0 Å². The van der Waals surface area contributed by atoms with Crippen molar-refractivity contribution in [2.45, 2.75) is 33.7 Å². The normalized spacial score (nSPS) is 30.9. The highest BCUT2D eigenvalue weighted by molar-refractivity contribution is 7.99. The Kier molecular flexibility index (Phi) is 4.60. The third-order valence-electron chi connectivity index (χ3n) is 2.97. The third kappa shape index (κ3) is 3.17. The van der Waals surface area contributed by atoms with Gasteiger partial charge in [-0.15, -0.1) is 0 Å². The van der Waals surface area contributed by atoms with Crippen LogP contribution in [-0.4, -0.2) is 24.1 Å². The smallest absolute Gasteiger partial charge is 0.0129 e. The minimum atomic E-state index is 0.731. The summed E-state index contributed by atoms with van der Waals surface area (Å²) in [6.07, 6.45) is 0. The number of thioether (sulfide) groups is 1. The highest BCUT2D eigenvalue weighted by Crippen LogP contribution is 2.26. The molecular formula is C11H23NS. The van der Waals surface area contributed by atoms with E-state index in [0.717, 1.165) is 23.8 Å². The molecule has 2 heteroatoms.